The molecule has 110 valence electrons. The van der Waals surface area contributed by atoms with Gasteiger partial charge < -0.3 is 14.8 Å². The second kappa shape index (κ2) is 5.58. The molecule has 2 fully saturated rings. The second-order valence-corrected chi connectivity index (χ2v) is 6.13. The van der Waals surface area contributed by atoms with E-state index in [1.165, 1.54) is 6.07 Å². The van der Waals surface area contributed by atoms with E-state index in [2.05, 4.69) is 21.2 Å². The van der Waals surface area contributed by atoms with Gasteiger partial charge in [-0.15, -0.1) is 0 Å². The van der Waals surface area contributed by atoms with Gasteiger partial charge in [-0.3, -0.25) is 0 Å². The molecule has 0 atom stereocenters. The number of rotatable bonds is 2. The molecule has 6 heteroatoms. The van der Waals surface area contributed by atoms with Crippen molar-refractivity contribution in [3.63, 3.8) is 0 Å². The maximum absolute atomic E-state index is 13.7. The van der Waals surface area contributed by atoms with Gasteiger partial charge in [-0.25, -0.2) is 8.78 Å². The van der Waals surface area contributed by atoms with Crippen molar-refractivity contribution in [3.8, 4) is 0 Å². The Hall–Kier alpha value is -0.720. The minimum atomic E-state index is -0.594. The van der Waals surface area contributed by atoms with Crippen LogP contribution in [-0.2, 0) is 9.47 Å². The Labute approximate surface area is 124 Å². The van der Waals surface area contributed by atoms with E-state index in [0.29, 0.717) is 18.9 Å². The maximum atomic E-state index is 13.7. The van der Waals surface area contributed by atoms with Crippen LogP contribution in [-0.4, -0.2) is 25.0 Å². The van der Waals surface area contributed by atoms with Crippen molar-refractivity contribution in [2.45, 2.75) is 37.5 Å². The van der Waals surface area contributed by atoms with Gasteiger partial charge in [0.2, 0.25) is 0 Å². The average molecular weight is 348 g/mol. The van der Waals surface area contributed by atoms with Crippen LogP contribution in [0.1, 0.15) is 25.7 Å². The molecule has 3 nitrogen and oxygen atoms in total. The van der Waals surface area contributed by atoms with Crippen molar-refractivity contribution in [1.29, 1.82) is 0 Å². The van der Waals surface area contributed by atoms with Crippen LogP contribution in [0.15, 0.2) is 16.6 Å². The van der Waals surface area contributed by atoms with Crippen LogP contribution < -0.4 is 5.32 Å². The zero-order valence-corrected chi connectivity index (χ0v) is 12.5. The molecule has 0 bridgehead atoms. The number of nitrogens with one attached hydrogen (secondary N) is 1. The number of hydrogen-bond donors (Lipinski definition) is 1. The van der Waals surface area contributed by atoms with Gasteiger partial charge in [0.1, 0.15) is 11.6 Å². The van der Waals surface area contributed by atoms with Crippen molar-refractivity contribution in [2.75, 3.05) is 18.5 Å². The lowest BCUT2D eigenvalue weighted by Gasteiger charge is -2.36. The van der Waals surface area contributed by atoms with Crippen LogP contribution in [0, 0.1) is 11.6 Å². The number of ether oxygens (including phenoxy) is 2. The third-order valence-corrected chi connectivity index (χ3v) is 4.54. The zero-order valence-electron chi connectivity index (χ0n) is 10.9. The number of hydrogen-bond acceptors (Lipinski definition) is 3. The van der Waals surface area contributed by atoms with Gasteiger partial charge in [0, 0.05) is 24.9 Å². The summed E-state index contributed by atoms with van der Waals surface area (Å²) in [7, 11) is 0. The smallest absolute Gasteiger partial charge is 0.168 e. The Kier molecular flexibility index (Phi) is 3.97. The van der Waals surface area contributed by atoms with E-state index in [4.69, 9.17) is 9.47 Å². The topological polar surface area (TPSA) is 30.5 Å². The molecule has 0 amide bonds. The van der Waals surface area contributed by atoms with E-state index in [0.717, 1.165) is 31.7 Å². The summed E-state index contributed by atoms with van der Waals surface area (Å²) in [6, 6.07) is 2.48. The van der Waals surface area contributed by atoms with Crippen molar-refractivity contribution in [1.82, 2.24) is 0 Å². The maximum Gasteiger partial charge on any atom is 0.168 e. The number of halogens is 3. The van der Waals surface area contributed by atoms with Gasteiger partial charge in [-0.2, -0.15) is 0 Å². The molecule has 0 radical (unpaired) electrons. The first-order valence-electron chi connectivity index (χ1n) is 6.77. The number of anilines is 1. The summed E-state index contributed by atoms with van der Waals surface area (Å²) < 4.78 is 38.5. The molecule has 1 spiro atoms. The highest BCUT2D eigenvalue weighted by atomic mass is 79.9. The molecule has 1 aliphatic carbocycles. The SMILES string of the molecule is Fc1cc(F)c(NC2CCC3(CC2)OCCO3)cc1Br. The Morgan fingerprint density at radius 2 is 1.75 bits per heavy atom. The van der Waals surface area contributed by atoms with Gasteiger partial charge in [-0.05, 0) is 34.8 Å². The number of benzene rings is 1. The molecule has 1 heterocycles. The molecule has 20 heavy (non-hydrogen) atoms. The van der Waals surface area contributed by atoms with E-state index < -0.39 is 17.4 Å². The van der Waals surface area contributed by atoms with Crippen LogP contribution in [0.3, 0.4) is 0 Å². The predicted octanol–water partition coefficient (Wildman–Crippen LogP) is 3.82. The Balaban J connectivity index is 1.63. The lowest BCUT2D eigenvalue weighted by atomic mass is 9.90. The summed E-state index contributed by atoms with van der Waals surface area (Å²) in [5, 5.41) is 3.14. The fraction of sp³-hybridized carbons (Fsp3) is 0.571. The summed E-state index contributed by atoms with van der Waals surface area (Å²) in [5.74, 6) is -1.58. The summed E-state index contributed by atoms with van der Waals surface area (Å²) in [5.41, 5.74) is 0.326. The molecule has 1 aromatic rings. The summed E-state index contributed by atoms with van der Waals surface area (Å²) in [4.78, 5) is 0. The summed E-state index contributed by atoms with van der Waals surface area (Å²) in [6.45, 7) is 1.30. The monoisotopic (exact) mass is 347 g/mol. The molecule has 1 aromatic carbocycles. The third-order valence-electron chi connectivity index (χ3n) is 3.93. The van der Waals surface area contributed by atoms with Crippen LogP contribution in [0.5, 0.6) is 0 Å². The van der Waals surface area contributed by atoms with Crippen molar-refractivity contribution in [3.05, 3.63) is 28.2 Å². The fourth-order valence-electron chi connectivity index (χ4n) is 2.84. The second-order valence-electron chi connectivity index (χ2n) is 5.27. The Morgan fingerprint density at radius 1 is 1.10 bits per heavy atom. The van der Waals surface area contributed by atoms with Gasteiger partial charge in [0.25, 0.3) is 0 Å². The zero-order chi connectivity index (χ0) is 14.2. The first-order chi connectivity index (χ1) is 9.58. The van der Waals surface area contributed by atoms with E-state index in [9.17, 15) is 8.78 Å². The summed E-state index contributed by atoms with van der Waals surface area (Å²) in [6.07, 6.45) is 3.28. The summed E-state index contributed by atoms with van der Waals surface area (Å²) >= 11 is 3.07. The van der Waals surface area contributed by atoms with Crippen LogP contribution in [0.2, 0.25) is 0 Å². The predicted molar refractivity (Wildman–Crippen MR) is 74.6 cm³/mol. The fourth-order valence-corrected chi connectivity index (χ4v) is 3.18. The first-order valence-corrected chi connectivity index (χ1v) is 7.56. The molecule has 1 aliphatic heterocycles. The molecule has 1 saturated heterocycles. The minimum Gasteiger partial charge on any atom is -0.380 e. The lowest BCUT2D eigenvalue weighted by Crippen LogP contribution is -2.39. The van der Waals surface area contributed by atoms with E-state index in [1.54, 1.807) is 0 Å². The molecule has 1 N–H and O–H groups in total. The van der Waals surface area contributed by atoms with E-state index >= 15 is 0 Å². The molecule has 1 saturated carbocycles. The van der Waals surface area contributed by atoms with Crippen LogP contribution in [0.4, 0.5) is 14.5 Å². The molecule has 3 rings (SSSR count). The van der Waals surface area contributed by atoms with Crippen LogP contribution >= 0.6 is 15.9 Å². The molecule has 2 aliphatic rings. The quantitative estimate of drug-likeness (QED) is 0.825. The lowest BCUT2D eigenvalue weighted by molar-refractivity contribution is -0.177. The third kappa shape index (κ3) is 2.82. The van der Waals surface area contributed by atoms with Gasteiger partial charge >= 0.3 is 0 Å². The normalized spacial score (nSPS) is 22.4. The van der Waals surface area contributed by atoms with Crippen molar-refractivity contribution < 1.29 is 18.3 Å². The highest BCUT2D eigenvalue weighted by Crippen LogP contribution is 2.37. The van der Waals surface area contributed by atoms with Crippen molar-refractivity contribution >= 4 is 21.6 Å². The van der Waals surface area contributed by atoms with Gasteiger partial charge in [-0.1, -0.05) is 0 Å². The van der Waals surface area contributed by atoms with Gasteiger partial charge in [0.05, 0.1) is 23.4 Å². The van der Waals surface area contributed by atoms with E-state index in [1.807, 2.05) is 0 Å². The highest BCUT2D eigenvalue weighted by Gasteiger charge is 2.40. The Bertz CT molecular complexity index is 496. The minimum absolute atomic E-state index is 0.153. The van der Waals surface area contributed by atoms with Crippen molar-refractivity contribution in [2.24, 2.45) is 0 Å². The molecule has 0 aromatic heterocycles. The molecular weight excluding hydrogens is 332 g/mol. The first kappa shape index (κ1) is 14.2. The largest absolute Gasteiger partial charge is 0.380 e. The van der Waals surface area contributed by atoms with Gasteiger partial charge in [0.15, 0.2) is 5.79 Å². The average Bonchev–Trinajstić information content (AvgIpc) is 2.87. The Morgan fingerprint density at radius 3 is 2.40 bits per heavy atom. The van der Waals surface area contributed by atoms with E-state index in [-0.39, 0.29) is 10.5 Å². The molecule has 0 unspecified atom stereocenters. The highest BCUT2D eigenvalue weighted by molar-refractivity contribution is 9.10. The standard InChI is InChI=1S/C14H16BrF2NO2/c15-10-7-13(12(17)8-11(10)16)18-9-1-3-14(4-2-9)19-5-6-20-14/h7-9,18H,1-6H2. The molecular formula is C14H16BrF2NO2. The van der Waals surface area contributed by atoms with Crippen LogP contribution in [0.25, 0.3) is 0 Å².